The molecule has 0 aliphatic heterocycles. The third-order valence-corrected chi connectivity index (χ3v) is 23.0. The Balaban J connectivity index is 0.000000141. The summed E-state index contributed by atoms with van der Waals surface area (Å²) in [5.74, 6) is 0. The van der Waals surface area contributed by atoms with Crippen LogP contribution in [0.1, 0.15) is 0 Å². The first-order valence-electron chi connectivity index (χ1n) is 39.4. The van der Waals surface area contributed by atoms with E-state index in [1.54, 1.807) is 0 Å². The Hall–Kier alpha value is -15.5. The fourth-order valence-corrected chi connectivity index (χ4v) is 17.4. The van der Waals surface area contributed by atoms with Crippen LogP contribution in [0.3, 0.4) is 0 Å². The summed E-state index contributed by atoms with van der Waals surface area (Å²) < 4.78 is 26.9. The molecule has 0 saturated carbocycles. The molecule has 116 heavy (non-hydrogen) atoms. The van der Waals surface area contributed by atoms with Gasteiger partial charge in [-0.05, 0) is 186 Å². The number of nitrogens with zero attached hydrogens (tertiary/aromatic N) is 2. The molecule has 0 N–H and O–H groups in total. The Morgan fingerprint density at radius 1 is 0.155 bits per heavy atom. The van der Waals surface area contributed by atoms with E-state index in [0.717, 1.165) is 150 Å². The van der Waals surface area contributed by atoms with E-state index in [2.05, 4.69) is 422 Å². The molecule has 4 heterocycles. The van der Waals surface area contributed by atoms with Crippen molar-refractivity contribution in [3.05, 3.63) is 425 Å². The van der Waals surface area contributed by atoms with Crippen LogP contribution < -0.4 is 9.80 Å². The topological polar surface area (TPSA) is 59.0 Å². The van der Waals surface area contributed by atoms with Gasteiger partial charge in [-0.15, -0.1) is 0 Å². The van der Waals surface area contributed by atoms with Crippen molar-refractivity contribution in [1.29, 1.82) is 0 Å². The number of furan rings is 4. The number of para-hydroxylation sites is 3. The third kappa shape index (κ3) is 11.8. The lowest BCUT2D eigenvalue weighted by molar-refractivity contribution is 0.664. The number of rotatable bonds is 13. The Bertz CT molecular complexity index is 7620. The minimum atomic E-state index is 0.847. The highest BCUT2D eigenvalue weighted by Crippen LogP contribution is 2.51. The quantitative estimate of drug-likeness (QED) is 0.115. The highest BCUT2D eigenvalue weighted by molar-refractivity contribution is 6.34. The second-order valence-corrected chi connectivity index (χ2v) is 29.7. The smallest absolute Gasteiger partial charge is 0.144 e. The van der Waals surface area contributed by atoms with Gasteiger partial charge in [-0.2, -0.15) is 0 Å². The van der Waals surface area contributed by atoms with Gasteiger partial charge < -0.3 is 27.5 Å². The molecule has 0 atom stereocenters. The molecule has 0 saturated heterocycles. The van der Waals surface area contributed by atoms with Gasteiger partial charge in [0.2, 0.25) is 0 Å². The molecule has 19 aromatic carbocycles. The van der Waals surface area contributed by atoms with Crippen molar-refractivity contribution in [2.75, 3.05) is 9.80 Å². The fraction of sp³-hybridized carbons (Fsp3) is 0. The average Bonchev–Trinajstić information content (AvgIpc) is 1.56. The van der Waals surface area contributed by atoms with Crippen molar-refractivity contribution >= 4 is 143 Å². The predicted octanol–water partition coefficient (Wildman–Crippen LogP) is 31.9. The van der Waals surface area contributed by atoms with Gasteiger partial charge >= 0.3 is 0 Å². The molecule has 23 aromatic rings. The predicted molar refractivity (Wildman–Crippen MR) is 484 cm³/mol. The van der Waals surface area contributed by atoms with E-state index in [0.29, 0.717) is 0 Å². The van der Waals surface area contributed by atoms with Crippen molar-refractivity contribution in [1.82, 2.24) is 0 Å². The van der Waals surface area contributed by atoms with Crippen LogP contribution in [-0.4, -0.2) is 0 Å². The van der Waals surface area contributed by atoms with Gasteiger partial charge in [-0.1, -0.05) is 322 Å². The van der Waals surface area contributed by atoms with Crippen LogP contribution in [0.4, 0.5) is 34.1 Å². The molecule has 0 bridgehead atoms. The molecule has 0 radical (unpaired) electrons. The van der Waals surface area contributed by atoms with Crippen molar-refractivity contribution in [3.63, 3.8) is 0 Å². The van der Waals surface area contributed by atoms with Crippen LogP contribution in [0, 0.1) is 0 Å². The van der Waals surface area contributed by atoms with E-state index in [4.69, 9.17) is 17.7 Å². The maximum absolute atomic E-state index is 6.77. The molecule has 0 fully saturated rings. The van der Waals surface area contributed by atoms with Gasteiger partial charge in [0, 0.05) is 88.2 Å². The largest absolute Gasteiger partial charge is 0.456 e. The van der Waals surface area contributed by atoms with Gasteiger partial charge in [0.05, 0.1) is 5.69 Å². The lowest BCUT2D eigenvalue weighted by Crippen LogP contribution is -2.11. The average molecular weight is 1480 g/mol. The van der Waals surface area contributed by atoms with Gasteiger partial charge in [0.1, 0.15) is 44.7 Å². The fourth-order valence-electron chi connectivity index (χ4n) is 17.4. The van der Waals surface area contributed by atoms with Crippen LogP contribution in [0.2, 0.25) is 0 Å². The van der Waals surface area contributed by atoms with E-state index in [9.17, 15) is 0 Å². The summed E-state index contributed by atoms with van der Waals surface area (Å²) in [5.41, 5.74) is 29.2. The Labute approximate surface area is 669 Å². The standard InChI is InChI=1S/C58H37NO2.C52H33NO2/c1-3-11-38(12-4-1)40-19-21-41(22-20-40)43-25-32-47(33-26-43)59(46-30-23-42(24-31-46)39-13-5-2-6-14-39)48-34-27-45(28-35-48)51-37-54-57(56-50-17-9-10-18-52(50)61-58(51)56)55-49-16-8-7-15-44(49)29-36-53(55)60-54;1-3-13-34(14-4-1)35-23-28-39(29-24-35)53(45-21-11-9-18-41(45)36-15-5-2-6-16-36)40-30-25-38(26-31-40)44-33-48-51(50-43-20-10-12-22-46(43)55-52(44)50)49-42-19-8-7-17-37(42)27-32-47(49)54-48/h1-37H;1-33H. The first-order valence-corrected chi connectivity index (χ1v) is 39.4. The van der Waals surface area contributed by atoms with Crippen molar-refractivity contribution in [3.8, 4) is 77.9 Å². The van der Waals surface area contributed by atoms with Gasteiger partial charge in [0.15, 0.2) is 0 Å². The summed E-state index contributed by atoms with van der Waals surface area (Å²) in [6.07, 6.45) is 0. The van der Waals surface area contributed by atoms with Crippen LogP contribution in [-0.2, 0) is 0 Å². The molecule has 23 rings (SSSR count). The molecule has 0 aliphatic carbocycles. The zero-order valence-corrected chi connectivity index (χ0v) is 62.9. The van der Waals surface area contributed by atoms with E-state index < -0.39 is 0 Å². The van der Waals surface area contributed by atoms with Gasteiger partial charge in [0.25, 0.3) is 0 Å². The second-order valence-electron chi connectivity index (χ2n) is 29.7. The molecule has 0 spiro atoms. The van der Waals surface area contributed by atoms with Crippen LogP contribution in [0.5, 0.6) is 0 Å². The Morgan fingerprint density at radius 3 is 0.828 bits per heavy atom. The number of fused-ring (bicyclic) bond motifs is 18. The molecular formula is C110H70N2O4. The van der Waals surface area contributed by atoms with E-state index in [-0.39, 0.29) is 0 Å². The lowest BCUT2D eigenvalue weighted by atomic mass is 9.96. The van der Waals surface area contributed by atoms with Crippen LogP contribution >= 0.6 is 0 Å². The van der Waals surface area contributed by atoms with Crippen LogP contribution in [0.15, 0.2) is 442 Å². The monoisotopic (exact) mass is 1480 g/mol. The molecule has 0 unspecified atom stereocenters. The molecule has 544 valence electrons. The zero-order valence-electron chi connectivity index (χ0n) is 62.9. The molecule has 0 aliphatic rings. The summed E-state index contributed by atoms with van der Waals surface area (Å²) in [6, 6.07) is 150. The van der Waals surface area contributed by atoms with Crippen molar-refractivity contribution < 1.29 is 17.7 Å². The van der Waals surface area contributed by atoms with Crippen LogP contribution in [0.25, 0.3) is 187 Å². The summed E-state index contributed by atoms with van der Waals surface area (Å²) in [5, 5.41) is 13.5. The molecule has 6 heteroatoms. The van der Waals surface area contributed by atoms with Gasteiger partial charge in [-0.25, -0.2) is 0 Å². The van der Waals surface area contributed by atoms with E-state index in [1.807, 2.05) is 12.1 Å². The Kier molecular flexibility index (Phi) is 16.5. The van der Waals surface area contributed by atoms with Crippen molar-refractivity contribution in [2.24, 2.45) is 0 Å². The first kappa shape index (κ1) is 67.4. The molecular weight excluding hydrogens is 1410 g/mol. The Morgan fingerprint density at radius 2 is 0.440 bits per heavy atom. The SMILES string of the molecule is c1ccc(-c2ccc(-c3ccc(N(c4ccc(-c5ccccc5)cc4)c4ccc(-c5cc6oc7ccc8ccccc8c7c6c6c5oc5ccccc56)cc4)cc3)cc2)cc1.c1ccc(-c2ccc(N(c3ccc(-c4cc5oc6ccc7ccccc7c6c5c5c4oc4ccccc45)cc3)c3ccccc3-c3ccccc3)cc2)cc1. The normalized spacial score (nSPS) is 11.6. The number of hydrogen-bond acceptors (Lipinski definition) is 6. The summed E-state index contributed by atoms with van der Waals surface area (Å²) in [7, 11) is 0. The number of benzene rings is 19. The third-order valence-electron chi connectivity index (χ3n) is 23.0. The minimum absolute atomic E-state index is 0.847. The molecule has 6 nitrogen and oxygen atoms in total. The number of hydrogen-bond donors (Lipinski definition) is 0. The lowest BCUT2D eigenvalue weighted by Gasteiger charge is -2.28. The zero-order chi connectivity index (χ0) is 76.6. The van der Waals surface area contributed by atoms with Gasteiger partial charge in [-0.3, -0.25) is 0 Å². The highest BCUT2D eigenvalue weighted by atomic mass is 16.3. The summed E-state index contributed by atoms with van der Waals surface area (Å²) in [6.45, 7) is 0. The second kappa shape index (κ2) is 28.4. The minimum Gasteiger partial charge on any atom is -0.456 e. The molecule has 4 aromatic heterocycles. The van der Waals surface area contributed by atoms with E-state index in [1.165, 1.54) is 71.6 Å². The summed E-state index contributed by atoms with van der Waals surface area (Å²) in [4.78, 5) is 4.68. The van der Waals surface area contributed by atoms with E-state index >= 15 is 0 Å². The van der Waals surface area contributed by atoms with Crippen molar-refractivity contribution in [2.45, 2.75) is 0 Å². The maximum atomic E-state index is 6.77. The maximum Gasteiger partial charge on any atom is 0.144 e. The summed E-state index contributed by atoms with van der Waals surface area (Å²) >= 11 is 0. The highest BCUT2D eigenvalue weighted by Gasteiger charge is 2.26. The first-order chi connectivity index (χ1) is 57.5. The molecule has 0 amide bonds. The number of anilines is 6.